The Hall–Kier alpha value is -2.99. The van der Waals surface area contributed by atoms with Crippen molar-refractivity contribution in [3.8, 4) is 0 Å². The fourth-order valence-electron chi connectivity index (χ4n) is 3.03. The summed E-state index contributed by atoms with van der Waals surface area (Å²) >= 11 is 0. The van der Waals surface area contributed by atoms with Crippen LogP contribution < -0.4 is 5.32 Å². The molecule has 1 saturated heterocycles. The van der Waals surface area contributed by atoms with Gasteiger partial charge in [-0.3, -0.25) is 9.59 Å². The molecule has 0 saturated carbocycles. The van der Waals surface area contributed by atoms with Crippen molar-refractivity contribution in [1.29, 1.82) is 0 Å². The molecule has 6 nitrogen and oxygen atoms in total. The molecule has 6 heteroatoms. The third-order valence-corrected chi connectivity index (χ3v) is 4.50. The Labute approximate surface area is 163 Å². The smallest absolute Gasteiger partial charge is 0.328 e. The zero-order chi connectivity index (χ0) is 19.8. The van der Waals surface area contributed by atoms with E-state index in [1.54, 1.807) is 12.1 Å². The minimum Gasteiger partial charge on any atom is -0.464 e. The molecule has 1 fully saturated rings. The van der Waals surface area contributed by atoms with E-state index in [1.165, 1.54) is 0 Å². The van der Waals surface area contributed by atoms with E-state index in [9.17, 15) is 14.4 Å². The Morgan fingerprint density at radius 1 is 1.07 bits per heavy atom. The summed E-state index contributed by atoms with van der Waals surface area (Å²) in [5.41, 5.74) is 1.35. The SMILES string of the molecule is O=C(CCCOC(C(=O)c1ccccc1)c1ccccc1)N[C@H]1CCOC1=O. The van der Waals surface area contributed by atoms with E-state index >= 15 is 0 Å². The molecule has 2 aromatic carbocycles. The molecule has 3 rings (SSSR count). The maximum Gasteiger partial charge on any atom is 0.328 e. The number of nitrogens with one attached hydrogen (secondary N) is 1. The average molecular weight is 381 g/mol. The molecule has 28 heavy (non-hydrogen) atoms. The molecule has 0 spiro atoms. The van der Waals surface area contributed by atoms with Gasteiger partial charge in [-0.2, -0.15) is 0 Å². The molecule has 1 unspecified atom stereocenters. The molecule has 0 aromatic heterocycles. The summed E-state index contributed by atoms with van der Waals surface area (Å²) in [4.78, 5) is 36.3. The van der Waals surface area contributed by atoms with Crippen molar-refractivity contribution in [3.05, 3.63) is 71.8 Å². The summed E-state index contributed by atoms with van der Waals surface area (Å²) in [6.45, 7) is 0.591. The highest BCUT2D eigenvalue weighted by molar-refractivity contribution is 6.00. The number of rotatable bonds is 9. The molecular weight excluding hydrogens is 358 g/mol. The maximum atomic E-state index is 12.9. The van der Waals surface area contributed by atoms with E-state index < -0.39 is 12.1 Å². The molecule has 2 aromatic rings. The van der Waals surface area contributed by atoms with Crippen LogP contribution in [0.1, 0.15) is 41.3 Å². The summed E-state index contributed by atoms with van der Waals surface area (Å²) in [5, 5.41) is 2.66. The van der Waals surface area contributed by atoms with Gasteiger partial charge < -0.3 is 14.8 Å². The summed E-state index contributed by atoms with van der Waals surface area (Å²) < 4.78 is 10.7. The first-order valence-electron chi connectivity index (χ1n) is 9.37. The minimum atomic E-state index is -0.725. The van der Waals surface area contributed by atoms with Crippen LogP contribution in [0.15, 0.2) is 60.7 Å². The Morgan fingerprint density at radius 2 is 1.75 bits per heavy atom. The Balaban J connectivity index is 1.54. The van der Waals surface area contributed by atoms with Crippen LogP contribution in [0.25, 0.3) is 0 Å². The van der Waals surface area contributed by atoms with Gasteiger partial charge in [0.15, 0.2) is 5.78 Å². The van der Waals surface area contributed by atoms with Crippen LogP contribution in [0.4, 0.5) is 0 Å². The molecule has 0 aliphatic carbocycles. The van der Waals surface area contributed by atoms with Crippen molar-refractivity contribution in [3.63, 3.8) is 0 Å². The van der Waals surface area contributed by atoms with E-state index in [1.807, 2.05) is 48.5 Å². The van der Waals surface area contributed by atoms with Crippen LogP contribution in [-0.2, 0) is 19.1 Å². The monoisotopic (exact) mass is 381 g/mol. The Bertz CT molecular complexity index is 806. The number of ketones is 1. The lowest BCUT2D eigenvalue weighted by atomic mass is 10.00. The number of carbonyl (C=O) groups is 3. The van der Waals surface area contributed by atoms with Gasteiger partial charge in [0.25, 0.3) is 0 Å². The highest BCUT2D eigenvalue weighted by Gasteiger charge is 2.27. The van der Waals surface area contributed by atoms with Gasteiger partial charge in [-0.05, 0) is 12.0 Å². The van der Waals surface area contributed by atoms with Gasteiger partial charge in [-0.15, -0.1) is 0 Å². The molecular formula is C22H23NO5. The van der Waals surface area contributed by atoms with Crippen molar-refractivity contribution in [2.75, 3.05) is 13.2 Å². The highest BCUT2D eigenvalue weighted by atomic mass is 16.5. The van der Waals surface area contributed by atoms with Crippen molar-refractivity contribution in [1.82, 2.24) is 5.32 Å². The number of esters is 1. The van der Waals surface area contributed by atoms with Crippen LogP contribution in [0, 0.1) is 0 Å². The lowest BCUT2D eigenvalue weighted by molar-refractivity contribution is -0.141. The van der Waals surface area contributed by atoms with Gasteiger partial charge in [0.1, 0.15) is 12.1 Å². The van der Waals surface area contributed by atoms with Crippen LogP contribution in [0.2, 0.25) is 0 Å². The normalized spacial score (nSPS) is 17.0. The Kier molecular flexibility index (Phi) is 6.92. The molecule has 1 heterocycles. The summed E-state index contributed by atoms with van der Waals surface area (Å²) in [6, 6.07) is 17.8. The number of amides is 1. The molecule has 0 bridgehead atoms. The number of carbonyl (C=O) groups excluding carboxylic acids is 3. The van der Waals surface area contributed by atoms with E-state index in [0.717, 1.165) is 5.56 Å². The van der Waals surface area contributed by atoms with Crippen molar-refractivity contribution in [2.24, 2.45) is 0 Å². The van der Waals surface area contributed by atoms with Gasteiger partial charge in [0.05, 0.1) is 6.61 Å². The lowest BCUT2D eigenvalue weighted by Crippen LogP contribution is -2.37. The molecule has 1 amide bonds. The minimum absolute atomic E-state index is 0.120. The number of hydrogen-bond donors (Lipinski definition) is 1. The fourth-order valence-corrected chi connectivity index (χ4v) is 3.03. The summed E-state index contributed by atoms with van der Waals surface area (Å²) in [6.07, 6.45) is 0.434. The number of hydrogen-bond acceptors (Lipinski definition) is 5. The largest absolute Gasteiger partial charge is 0.464 e. The first-order valence-corrected chi connectivity index (χ1v) is 9.37. The molecule has 1 aliphatic rings. The molecule has 1 aliphatic heterocycles. The Morgan fingerprint density at radius 3 is 2.39 bits per heavy atom. The van der Waals surface area contributed by atoms with Gasteiger partial charge in [-0.1, -0.05) is 60.7 Å². The second-order valence-corrected chi connectivity index (χ2v) is 6.57. The zero-order valence-electron chi connectivity index (χ0n) is 15.5. The van der Waals surface area contributed by atoms with Crippen molar-refractivity contribution >= 4 is 17.7 Å². The van der Waals surface area contributed by atoms with Crippen LogP contribution >= 0.6 is 0 Å². The van der Waals surface area contributed by atoms with Gasteiger partial charge in [0.2, 0.25) is 5.91 Å². The van der Waals surface area contributed by atoms with E-state index in [0.29, 0.717) is 25.0 Å². The average Bonchev–Trinajstić information content (AvgIpc) is 3.13. The van der Waals surface area contributed by atoms with Crippen molar-refractivity contribution < 1.29 is 23.9 Å². The van der Waals surface area contributed by atoms with Crippen LogP contribution in [0.3, 0.4) is 0 Å². The van der Waals surface area contributed by atoms with E-state index in [2.05, 4.69) is 5.32 Å². The van der Waals surface area contributed by atoms with Crippen LogP contribution in [0.5, 0.6) is 0 Å². The second kappa shape index (κ2) is 9.80. The first-order chi connectivity index (χ1) is 13.6. The quantitative estimate of drug-likeness (QED) is 0.410. The van der Waals surface area contributed by atoms with Crippen molar-refractivity contribution in [2.45, 2.75) is 31.4 Å². The predicted molar refractivity (Wildman–Crippen MR) is 103 cm³/mol. The van der Waals surface area contributed by atoms with Crippen LogP contribution in [-0.4, -0.2) is 36.9 Å². The lowest BCUT2D eigenvalue weighted by Gasteiger charge is -2.17. The number of benzene rings is 2. The van der Waals surface area contributed by atoms with Gasteiger partial charge >= 0.3 is 5.97 Å². The van der Waals surface area contributed by atoms with E-state index in [4.69, 9.17) is 9.47 Å². The molecule has 0 radical (unpaired) electrons. The first kappa shape index (κ1) is 19.8. The third kappa shape index (κ3) is 5.27. The van der Waals surface area contributed by atoms with E-state index in [-0.39, 0.29) is 30.7 Å². The number of cyclic esters (lactones) is 1. The molecule has 1 N–H and O–H groups in total. The number of ether oxygens (including phenoxy) is 2. The summed E-state index contributed by atoms with van der Waals surface area (Å²) in [7, 11) is 0. The second-order valence-electron chi connectivity index (χ2n) is 6.57. The van der Waals surface area contributed by atoms with Gasteiger partial charge in [-0.25, -0.2) is 4.79 Å². The molecule has 146 valence electrons. The zero-order valence-corrected chi connectivity index (χ0v) is 15.5. The third-order valence-electron chi connectivity index (χ3n) is 4.50. The maximum absolute atomic E-state index is 12.9. The topological polar surface area (TPSA) is 81.7 Å². The predicted octanol–water partition coefficient (Wildman–Crippen LogP) is 2.84. The fraction of sp³-hybridized carbons (Fsp3) is 0.318. The molecule has 2 atom stereocenters. The standard InChI is InChI=1S/C22H23NO5/c24-19(23-18-13-15-28-22(18)26)12-7-14-27-21(17-10-5-2-6-11-17)20(25)16-8-3-1-4-9-16/h1-6,8-11,18,21H,7,12-15H2,(H,23,24)/t18-,21?/m0/s1. The van der Waals surface area contributed by atoms with Gasteiger partial charge in [0, 0.05) is 25.0 Å². The highest BCUT2D eigenvalue weighted by Crippen LogP contribution is 2.23. The number of Topliss-reactive ketones (excluding diaryl/α,β-unsaturated/α-hetero) is 1. The summed E-state index contributed by atoms with van der Waals surface area (Å²) in [5.74, 6) is -0.731.